The molecule has 0 unspecified atom stereocenters. The van der Waals surface area contributed by atoms with Crippen molar-refractivity contribution in [3.63, 3.8) is 0 Å². The van der Waals surface area contributed by atoms with Crippen LogP contribution in [0.2, 0.25) is 0 Å². The Morgan fingerprint density at radius 1 is 1.19 bits per heavy atom. The summed E-state index contributed by atoms with van der Waals surface area (Å²) < 4.78 is 24.5. The normalized spacial score (nSPS) is 25.6. The summed E-state index contributed by atoms with van der Waals surface area (Å²) in [5, 5.41) is 0.893. The first kappa shape index (κ1) is 16.5. The minimum atomic E-state index is -3.12. The first-order valence-corrected chi connectivity index (χ1v) is 9.42. The number of benzene rings is 1. The second-order valence-electron chi connectivity index (χ2n) is 5.25. The Morgan fingerprint density at radius 3 is 2.48 bits per heavy atom. The van der Waals surface area contributed by atoms with E-state index >= 15 is 0 Å². The van der Waals surface area contributed by atoms with Crippen molar-refractivity contribution in [2.75, 3.05) is 6.61 Å². The molecule has 21 heavy (non-hydrogen) atoms. The first-order chi connectivity index (χ1) is 10.2. The van der Waals surface area contributed by atoms with Crippen LogP contribution in [0.1, 0.15) is 52.0 Å². The third-order valence-corrected chi connectivity index (χ3v) is 6.01. The van der Waals surface area contributed by atoms with Gasteiger partial charge in [-0.1, -0.05) is 50.6 Å². The van der Waals surface area contributed by atoms with Crippen molar-refractivity contribution < 1.29 is 13.6 Å². The summed E-state index contributed by atoms with van der Waals surface area (Å²) in [5.74, 6) is 0. The lowest BCUT2D eigenvalue weighted by molar-refractivity contribution is 0.195. The van der Waals surface area contributed by atoms with Crippen LogP contribution in [0.4, 0.5) is 0 Å². The maximum absolute atomic E-state index is 13.1. The topological polar surface area (TPSA) is 35.5 Å². The smallest absolute Gasteiger partial charge is 0.306 e. The van der Waals surface area contributed by atoms with Gasteiger partial charge in [0.15, 0.2) is 0 Å². The fraction of sp³-hybridized carbons (Fsp3) is 0.529. The average molecular weight is 308 g/mol. The molecule has 0 amide bonds. The zero-order chi connectivity index (χ0) is 15.3. The van der Waals surface area contributed by atoms with Crippen molar-refractivity contribution in [1.82, 2.24) is 0 Å². The monoisotopic (exact) mass is 308 g/mol. The number of rotatable bonds is 7. The SMILES string of the molecule is CCCCC1=C(c2ccccc2)[C@H](CC)O[P@@]1(=O)OCC. The molecule has 0 spiro atoms. The Labute approximate surface area is 127 Å². The predicted octanol–water partition coefficient (Wildman–Crippen LogP) is 5.63. The van der Waals surface area contributed by atoms with E-state index in [4.69, 9.17) is 9.05 Å². The summed E-state index contributed by atoms with van der Waals surface area (Å²) in [6.45, 7) is 6.47. The van der Waals surface area contributed by atoms with Crippen molar-refractivity contribution in [2.45, 2.75) is 52.6 Å². The van der Waals surface area contributed by atoms with Crippen LogP contribution in [0.25, 0.3) is 5.57 Å². The summed E-state index contributed by atoms with van der Waals surface area (Å²) >= 11 is 0. The average Bonchev–Trinajstić information content (AvgIpc) is 2.78. The zero-order valence-electron chi connectivity index (χ0n) is 13.2. The molecule has 0 aromatic heterocycles. The highest BCUT2D eigenvalue weighted by molar-refractivity contribution is 7.59. The molecular formula is C17H25O3P. The molecule has 1 aromatic rings. The Bertz CT molecular complexity index is 536. The van der Waals surface area contributed by atoms with Gasteiger partial charge >= 0.3 is 7.60 Å². The van der Waals surface area contributed by atoms with E-state index in [1.807, 2.05) is 25.1 Å². The van der Waals surface area contributed by atoms with Crippen LogP contribution in [-0.4, -0.2) is 12.7 Å². The minimum Gasteiger partial charge on any atom is -0.306 e. The van der Waals surface area contributed by atoms with Gasteiger partial charge in [-0.2, -0.15) is 0 Å². The Kier molecular flexibility index (Phi) is 5.80. The van der Waals surface area contributed by atoms with E-state index in [0.29, 0.717) is 6.61 Å². The lowest BCUT2D eigenvalue weighted by atomic mass is 9.97. The van der Waals surface area contributed by atoms with Crippen LogP contribution in [0.5, 0.6) is 0 Å². The molecule has 3 nitrogen and oxygen atoms in total. The van der Waals surface area contributed by atoms with E-state index in [-0.39, 0.29) is 6.10 Å². The van der Waals surface area contributed by atoms with Gasteiger partial charge in [-0.25, -0.2) is 0 Å². The zero-order valence-corrected chi connectivity index (χ0v) is 14.1. The summed E-state index contributed by atoms with van der Waals surface area (Å²) in [4.78, 5) is 0. The maximum atomic E-state index is 13.1. The van der Waals surface area contributed by atoms with Crippen molar-refractivity contribution >= 4 is 13.2 Å². The molecule has 1 aromatic carbocycles. The molecule has 1 heterocycles. The predicted molar refractivity (Wildman–Crippen MR) is 87.3 cm³/mol. The van der Waals surface area contributed by atoms with E-state index in [9.17, 15) is 4.57 Å². The molecule has 2 atom stereocenters. The number of unbranched alkanes of at least 4 members (excludes halogenated alkanes) is 1. The first-order valence-electron chi connectivity index (χ1n) is 7.88. The highest BCUT2D eigenvalue weighted by Crippen LogP contribution is 2.66. The molecule has 0 N–H and O–H groups in total. The van der Waals surface area contributed by atoms with Gasteiger partial charge in [0.2, 0.25) is 0 Å². The molecular weight excluding hydrogens is 283 g/mol. The van der Waals surface area contributed by atoms with Crippen LogP contribution < -0.4 is 0 Å². The van der Waals surface area contributed by atoms with Crippen LogP contribution in [0, 0.1) is 0 Å². The van der Waals surface area contributed by atoms with E-state index < -0.39 is 7.60 Å². The second-order valence-corrected chi connectivity index (χ2v) is 7.25. The standard InChI is InChI=1S/C17H25O3P/c1-4-7-13-16-17(14-11-9-8-10-12-14)15(5-2)20-21(16,18)19-6-3/h8-12,15H,4-7,13H2,1-3H3/t15-,21-/m0/s1. The Morgan fingerprint density at radius 2 is 1.90 bits per heavy atom. The molecule has 1 aliphatic rings. The van der Waals surface area contributed by atoms with Gasteiger partial charge in [-0.15, -0.1) is 0 Å². The van der Waals surface area contributed by atoms with Crippen molar-refractivity contribution in [1.29, 1.82) is 0 Å². The van der Waals surface area contributed by atoms with E-state index in [0.717, 1.165) is 42.1 Å². The Balaban J connectivity index is 2.50. The van der Waals surface area contributed by atoms with Crippen molar-refractivity contribution in [3.8, 4) is 0 Å². The highest BCUT2D eigenvalue weighted by atomic mass is 31.2. The summed E-state index contributed by atoms with van der Waals surface area (Å²) in [7, 11) is -3.12. The molecule has 0 radical (unpaired) electrons. The third kappa shape index (κ3) is 3.48. The van der Waals surface area contributed by atoms with Gasteiger partial charge in [0.25, 0.3) is 0 Å². The molecule has 116 valence electrons. The largest absolute Gasteiger partial charge is 0.358 e. The molecule has 4 heteroatoms. The molecule has 0 bridgehead atoms. The molecule has 2 rings (SSSR count). The van der Waals surface area contributed by atoms with E-state index in [1.165, 1.54) is 0 Å². The highest BCUT2D eigenvalue weighted by Gasteiger charge is 2.43. The molecule has 0 saturated heterocycles. The summed E-state index contributed by atoms with van der Waals surface area (Å²) in [6, 6.07) is 10.1. The number of hydrogen-bond acceptors (Lipinski definition) is 3. The minimum absolute atomic E-state index is 0.128. The van der Waals surface area contributed by atoms with Crippen LogP contribution >= 0.6 is 7.60 Å². The molecule has 1 aliphatic heterocycles. The molecule has 0 aliphatic carbocycles. The van der Waals surface area contributed by atoms with Crippen LogP contribution in [-0.2, 0) is 13.6 Å². The Hall–Kier alpha value is -0.890. The number of hydrogen-bond donors (Lipinski definition) is 0. The van der Waals surface area contributed by atoms with Crippen molar-refractivity contribution in [2.24, 2.45) is 0 Å². The van der Waals surface area contributed by atoms with Gasteiger partial charge in [0.05, 0.1) is 12.7 Å². The quantitative estimate of drug-likeness (QED) is 0.613. The molecule has 0 saturated carbocycles. The second kappa shape index (κ2) is 7.40. The lowest BCUT2D eigenvalue weighted by Gasteiger charge is -2.15. The lowest BCUT2D eigenvalue weighted by Crippen LogP contribution is -2.07. The van der Waals surface area contributed by atoms with E-state index in [2.05, 4.69) is 26.0 Å². The van der Waals surface area contributed by atoms with E-state index in [1.54, 1.807) is 0 Å². The summed E-state index contributed by atoms with van der Waals surface area (Å²) in [6.07, 6.45) is 3.53. The van der Waals surface area contributed by atoms with Gasteiger partial charge in [0.1, 0.15) is 0 Å². The molecule has 0 fully saturated rings. The fourth-order valence-electron chi connectivity index (χ4n) is 2.76. The maximum Gasteiger partial charge on any atom is 0.358 e. The van der Waals surface area contributed by atoms with Gasteiger partial charge in [0, 0.05) is 5.31 Å². The van der Waals surface area contributed by atoms with Gasteiger partial charge < -0.3 is 4.52 Å². The fourth-order valence-corrected chi connectivity index (χ4v) is 5.03. The van der Waals surface area contributed by atoms with Gasteiger partial charge in [-0.3, -0.25) is 9.09 Å². The third-order valence-electron chi connectivity index (χ3n) is 3.75. The van der Waals surface area contributed by atoms with Crippen LogP contribution in [0.15, 0.2) is 35.6 Å². The number of allylic oxidation sites excluding steroid dienone is 1. The van der Waals surface area contributed by atoms with Crippen LogP contribution in [0.3, 0.4) is 0 Å². The van der Waals surface area contributed by atoms with Gasteiger partial charge in [-0.05, 0) is 37.3 Å². The van der Waals surface area contributed by atoms with Crippen molar-refractivity contribution in [3.05, 3.63) is 41.2 Å². The summed E-state index contributed by atoms with van der Waals surface area (Å²) in [5.41, 5.74) is 2.19.